The van der Waals surface area contributed by atoms with Crippen molar-refractivity contribution in [2.24, 2.45) is 0 Å². The number of rotatable bonds is 1. The first-order valence-corrected chi connectivity index (χ1v) is 5.53. The van der Waals surface area contributed by atoms with E-state index in [1.165, 1.54) is 12.1 Å². The largest absolute Gasteiger partial charge is 0.416 e. The molecule has 0 aliphatic heterocycles. The van der Waals surface area contributed by atoms with Crippen molar-refractivity contribution >= 4 is 12.2 Å². The maximum atomic E-state index is 12.6. The first-order valence-electron chi connectivity index (χ1n) is 5.12. The Morgan fingerprint density at radius 3 is 2.56 bits per heavy atom. The fraction of sp³-hybridized carbons (Fsp3) is 0.167. The molecule has 0 saturated carbocycles. The summed E-state index contributed by atoms with van der Waals surface area (Å²) in [6, 6.07) is 6.62. The van der Waals surface area contributed by atoms with Gasteiger partial charge in [-0.25, -0.2) is 4.98 Å². The highest BCUT2D eigenvalue weighted by Crippen LogP contribution is 2.31. The average molecular weight is 270 g/mol. The average Bonchev–Trinajstić information content (AvgIpc) is 2.27. The zero-order valence-corrected chi connectivity index (χ0v) is 10.2. The number of hydrogen-bond acceptors (Lipinski definition) is 2. The third-order valence-electron chi connectivity index (χ3n) is 2.36. The molecule has 0 saturated heterocycles. The van der Waals surface area contributed by atoms with Gasteiger partial charge in [-0.05, 0) is 30.7 Å². The molecule has 18 heavy (non-hydrogen) atoms. The van der Waals surface area contributed by atoms with Crippen molar-refractivity contribution in [3.05, 3.63) is 46.4 Å². The van der Waals surface area contributed by atoms with Crippen LogP contribution in [0.4, 0.5) is 13.2 Å². The molecule has 0 bridgehead atoms. The van der Waals surface area contributed by atoms with E-state index in [9.17, 15) is 13.2 Å². The molecule has 1 aromatic carbocycles. The second-order valence-electron chi connectivity index (χ2n) is 3.80. The lowest BCUT2D eigenvalue weighted by atomic mass is 10.1. The molecule has 0 aliphatic carbocycles. The van der Waals surface area contributed by atoms with E-state index in [1.807, 2.05) is 0 Å². The van der Waals surface area contributed by atoms with Crippen LogP contribution in [-0.4, -0.2) is 9.97 Å². The first-order chi connectivity index (χ1) is 8.36. The number of H-pyrrole nitrogens is 1. The fourth-order valence-electron chi connectivity index (χ4n) is 1.60. The predicted octanol–water partition coefficient (Wildman–Crippen LogP) is 4.13. The Balaban J connectivity index is 2.54. The number of aryl methyl sites for hydroxylation is 1. The Labute approximate surface area is 107 Å². The SMILES string of the molecule is Cc1nc(=S)cc(-c2cccc(C(F)(F)F)c2)[nH]1. The van der Waals surface area contributed by atoms with Crippen LogP contribution in [0.1, 0.15) is 11.4 Å². The van der Waals surface area contributed by atoms with E-state index < -0.39 is 11.7 Å². The van der Waals surface area contributed by atoms with Gasteiger partial charge in [0.25, 0.3) is 0 Å². The summed E-state index contributed by atoms with van der Waals surface area (Å²) in [4.78, 5) is 6.87. The van der Waals surface area contributed by atoms with Gasteiger partial charge in [0.1, 0.15) is 10.5 Å². The van der Waals surface area contributed by atoms with Crippen molar-refractivity contribution in [3.8, 4) is 11.3 Å². The van der Waals surface area contributed by atoms with Crippen molar-refractivity contribution in [2.75, 3.05) is 0 Å². The molecule has 0 fully saturated rings. The molecule has 0 unspecified atom stereocenters. The Kier molecular flexibility index (Phi) is 3.21. The minimum Gasteiger partial charge on any atom is -0.343 e. The van der Waals surface area contributed by atoms with Gasteiger partial charge >= 0.3 is 6.18 Å². The van der Waals surface area contributed by atoms with E-state index >= 15 is 0 Å². The Morgan fingerprint density at radius 2 is 1.94 bits per heavy atom. The van der Waals surface area contributed by atoms with E-state index in [-0.39, 0.29) is 0 Å². The third kappa shape index (κ3) is 2.76. The Morgan fingerprint density at radius 1 is 1.22 bits per heavy atom. The molecule has 1 N–H and O–H groups in total. The number of benzene rings is 1. The van der Waals surface area contributed by atoms with Crippen molar-refractivity contribution in [1.82, 2.24) is 9.97 Å². The number of hydrogen-bond donors (Lipinski definition) is 1. The maximum absolute atomic E-state index is 12.6. The van der Waals surface area contributed by atoms with Gasteiger partial charge in [-0.1, -0.05) is 24.4 Å². The van der Waals surface area contributed by atoms with Crippen molar-refractivity contribution < 1.29 is 13.2 Å². The lowest BCUT2D eigenvalue weighted by molar-refractivity contribution is -0.137. The molecule has 1 aromatic heterocycles. The summed E-state index contributed by atoms with van der Waals surface area (Å²) in [6.07, 6.45) is -4.35. The molecule has 1 heterocycles. The zero-order valence-electron chi connectivity index (χ0n) is 9.38. The normalized spacial score (nSPS) is 11.6. The highest BCUT2D eigenvalue weighted by atomic mass is 32.1. The summed E-state index contributed by atoms with van der Waals surface area (Å²) in [5, 5.41) is 0. The Bertz CT molecular complexity index is 632. The first kappa shape index (κ1) is 12.8. The van der Waals surface area contributed by atoms with E-state index in [4.69, 9.17) is 12.2 Å². The topological polar surface area (TPSA) is 28.7 Å². The van der Waals surface area contributed by atoms with Gasteiger partial charge in [-0.15, -0.1) is 0 Å². The molecule has 2 rings (SSSR count). The van der Waals surface area contributed by atoms with Gasteiger partial charge in [-0.3, -0.25) is 0 Å². The summed E-state index contributed by atoms with van der Waals surface area (Å²) < 4.78 is 38.1. The molecule has 0 atom stereocenters. The smallest absolute Gasteiger partial charge is 0.343 e. The van der Waals surface area contributed by atoms with Gasteiger partial charge in [0.15, 0.2) is 0 Å². The molecule has 0 aliphatic rings. The van der Waals surface area contributed by atoms with Crippen LogP contribution in [0.2, 0.25) is 0 Å². The van der Waals surface area contributed by atoms with Crippen molar-refractivity contribution in [2.45, 2.75) is 13.1 Å². The van der Waals surface area contributed by atoms with Crippen molar-refractivity contribution in [1.29, 1.82) is 0 Å². The van der Waals surface area contributed by atoms with Crippen LogP contribution in [0, 0.1) is 11.6 Å². The molecule has 0 amide bonds. The summed E-state index contributed by atoms with van der Waals surface area (Å²) >= 11 is 4.94. The molecular formula is C12H9F3N2S. The maximum Gasteiger partial charge on any atom is 0.416 e. The van der Waals surface area contributed by atoms with Gasteiger partial charge < -0.3 is 4.98 Å². The highest BCUT2D eigenvalue weighted by Gasteiger charge is 2.30. The van der Waals surface area contributed by atoms with Crippen LogP contribution in [0.5, 0.6) is 0 Å². The van der Waals surface area contributed by atoms with Crippen LogP contribution < -0.4 is 0 Å². The quantitative estimate of drug-likeness (QED) is 0.789. The number of aromatic amines is 1. The van der Waals surface area contributed by atoms with Crippen LogP contribution in [-0.2, 0) is 6.18 Å². The number of nitrogens with zero attached hydrogens (tertiary/aromatic N) is 1. The molecule has 0 spiro atoms. The van der Waals surface area contributed by atoms with E-state index in [0.29, 0.717) is 21.7 Å². The summed E-state index contributed by atoms with van der Waals surface area (Å²) in [5.41, 5.74) is 0.272. The Hall–Kier alpha value is -1.69. The monoisotopic (exact) mass is 270 g/mol. The molecule has 0 radical (unpaired) electrons. The number of halogens is 3. The minimum atomic E-state index is -4.35. The van der Waals surface area contributed by atoms with E-state index in [1.54, 1.807) is 13.0 Å². The minimum absolute atomic E-state index is 0.346. The van der Waals surface area contributed by atoms with E-state index in [2.05, 4.69) is 9.97 Å². The van der Waals surface area contributed by atoms with Gasteiger partial charge in [0.05, 0.1) is 5.56 Å². The zero-order chi connectivity index (χ0) is 13.3. The lowest BCUT2D eigenvalue weighted by Crippen LogP contribution is -2.04. The molecule has 2 aromatic rings. The molecular weight excluding hydrogens is 261 g/mol. The van der Waals surface area contributed by atoms with Crippen LogP contribution >= 0.6 is 12.2 Å². The number of aromatic nitrogens is 2. The second kappa shape index (κ2) is 4.53. The van der Waals surface area contributed by atoms with Gasteiger partial charge in [-0.2, -0.15) is 13.2 Å². The van der Waals surface area contributed by atoms with Crippen molar-refractivity contribution in [3.63, 3.8) is 0 Å². The van der Waals surface area contributed by atoms with Gasteiger partial charge in [0.2, 0.25) is 0 Å². The summed E-state index contributed by atoms with van der Waals surface area (Å²) in [6.45, 7) is 1.70. The molecule has 6 heteroatoms. The molecule has 94 valence electrons. The highest BCUT2D eigenvalue weighted by molar-refractivity contribution is 7.71. The standard InChI is InChI=1S/C12H9F3N2S/c1-7-16-10(6-11(18)17-7)8-3-2-4-9(5-8)12(13,14)15/h2-6H,1H3,(H,16,17,18). The summed E-state index contributed by atoms with van der Waals surface area (Å²) in [5.74, 6) is 0.565. The van der Waals surface area contributed by atoms with Crippen LogP contribution in [0.15, 0.2) is 30.3 Å². The lowest BCUT2D eigenvalue weighted by Gasteiger charge is -2.09. The molecule has 2 nitrogen and oxygen atoms in total. The van der Waals surface area contributed by atoms with Crippen LogP contribution in [0.3, 0.4) is 0 Å². The van der Waals surface area contributed by atoms with E-state index in [0.717, 1.165) is 12.1 Å². The fourth-order valence-corrected chi connectivity index (χ4v) is 1.85. The predicted molar refractivity (Wildman–Crippen MR) is 64.6 cm³/mol. The second-order valence-corrected chi connectivity index (χ2v) is 4.22. The van der Waals surface area contributed by atoms with Gasteiger partial charge in [0, 0.05) is 5.69 Å². The number of nitrogens with one attached hydrogen (secondary N) is 1. The van der Waals surface area contributed by atoms with Crippen LogP contribution in [0.25, 0.3) is 11.3 Å². The third-order valence-corrected chi connectivity index (χ3v) is 2.57. The number of alkyl halides is 3. The summed E-state index contributed by atoms with van der Waals surface area (Å²) in [7, 11) is 0.